The molecule has 0 unspecified atom stereocenters. The van der Waals surface area contributed by atoms with E-state index in [0.717, 1.165) is 42.1 Å². The van der Waals surface area contributed by atoms with Crippen molar-refractivity contribution in [3.05, 3.63) is 63.7 Å². The van der Waals surface area contributed by atoms with Gasteiger partial charge in [-0.3, -0.25) is 9.36 Å². The maximum absolute atomic E-state index is 13.3. The molecule has 28 heavy (non-hydrogen) atoms. The second kappa shape index (κ2) is 8.06. The number of nitrogens with zero attached hydrogens (tertiary/aromatic N) is 3. The maximum atomic E-state index is 13.3. The van der Waals surface area contributed by atoms with E-state index in [2.05, 4.69) is 11.8 Å². The Morgan fingerprint density at radius 1 is 1.18 bits per heavy atom. The summed E-state index contributed by atoms with van der Waals surface area (Å²) in [6.07, 6.45) is 2.37. The van der Waals surface area contributed by atoms with Crippen LogP contribution in [0.1, 0.15) is 25.6 Å². The average Bonchev–Trinajstić information content (AvgIpc) is 2.71. The molecule has 0 aliphatic carbocycles. The van der Waals surface area contributed by atoms with Crippen molar-refractivity contribution < 1.29 is 0 Å². The summed E-state index contributed by atoms with van der Waals surface area (Å²) in [7, 11) is 0. The Balaban J connectivity index is 1.72. The van der Waals surface area contributed by atoms with Gasteiger partial charge in [-0.25, -0.2) is 4.98 Å². The van der Waals surface area contributed by atoms with Crippen molar-refractivity contribution in [2.24, 2.45) is 5.92 Å². The molecule has 1 saturated heterocycles. The van der Waals surface area contributed by atoms with Crippen LogP contribution in [0.25, 0.3) is 22.0 Å². The molecule has 0 spiro atoms. The van der Waals surface area contributed by atoms with E-state index in [1.807, 2.05) is 54.0 Å². The average molecular weight is 396 g/mol. The van der Waals surface area contributed by atoms with E-state index in [0.29, 0.717) is 16.3 Å². The molecule has 1 aromatic heterocycles. The molecular formula is C23H26ClN3O. The fourth-order valence-electron chi connectivity index (χ4n) is 4.24. The van der Waals surface area contributed by atoms with Gasteiger partial charge in [0.1, 0.15) is 5.82 Å². The Hall–Kier alpha value is -2.17. The van der Waals surface area contributed by atoms with Gasteiger partial charge in [-0.1, -0.05) is 36.7 Å². The van der Waals surface area contributed by atoms with Crippen LogP contribution in [-0.2, 0) is 6.54 Å². The normalized spacial score (nSPS) is 17.9. The van der Waals surface area contributed by atoms with E-state index in [1.165, 1.54) is 19.4 Å². The van der Waals surface area contributed by atoms with Crippen molar-refractivity contribution in [1.82, 2.24) is 14.5 Å². The molecule has 2 aromatic carbocycles. The highest BCUT2D eigenvalue weighted by Crippen LogP contribution is 2.25. The lowest BCUT2D eigenvalue weighted by molar-refractivity contribution is 0.168. The van der Waals surface area contributed by atoms with Crippen molar-refractivity contribution in [2.45, 2.75) is 33.2 Å². The molecule has 2 heterocycles. The molecule has 1 atom stereocenters. The highest BCUT2D eigenvalue weighted by molar-refractivity contribution is 6.30. The second-order valence-electron chi connectivity index (χ2n) is 7.72. The molecule has 1 aliphatic rings. The number of hydrogen-bond acceptors (Lipinski definition) is 3. The first-order valence-corrected chi connectivity index (χ1v) is 10.4. The molecule has 3 aromatic rings. The smallest absolute Gasteiger partial charge is 0.261 e. The number of halogens is 1. The Morgan fingerprint density at radius 3 is 2.79 bits per heavy atom. The molecule has 0 radical (unpaired) electrons. The first-order chi connectivity index (χ1) is 13.5. The van der Waals surface area contributed by atoms with E-state index in [9.17, 15) is 4.79 Å². The molecular weight excluding hydrogens is 370 g/mol. The van der Waals surface area contributed by atoms with Gasteiger partial charge in [0.25, 0.3) is 5.56 Å². The minimum absolute atomic E-state index is 0.0556. The number of likely N-dealkylation sites (tertiary alicyclic amines) is 1. The summed E-state index contributed by atoms with van der Waals surface area (Å²) in [5, 5.41) is 1.36. The van der Waals surface area contributed by atoms with E-state index >= 15 is 0 Å². The van der Waals surface area contributed by atoms with Gasteiger partial charge in [-0.15, -0.1) is 0 Å². The molecule has 4 nitrogen and oxygen atoms in total. The Kier molecular flexibility index (Phi) is 5.51. The predicted molar refractivity (Wildman–Crippen MR) is 116 cm³/mol. The van der Waals surface area contributed by atoms with Gasteiger partial charge in [-0.05, 0) is 74.2 Å². The van der Waals surface area contributed by atoms with Crippen LogP contribution in [0.2, 0.25) is 5.02 Å². The third kappa shape index (κ3) is 3.85. The molecule has 0 amide bonds. The Bertz CT molecular complexity index is 1060. The lowest BCUT2D eigenvalue weighted by Gasteiger charge is -2.32. The van der Waals surface area contributed by atoms with Gasteiger partial charge in [-0.2, -0.15) is 0 Å². The minimum atomic E-state index is 0.0556. The van der Waals surface area contributed by atoms with Crippen molar-refractivity contribution >= 4 is 22.5 Å². The molecule has 1 aliphatic heterocycles. The van der Waals surface area contributed by atoms with Crippen molar-refractivity contribution in [3.63, 3.8) is 0 Å². The summed E-state index contributed by atoms with van der Waals surface area (Å²) in [6, 6.07) is 13.6. The van der Waals surface area contributed by atoms with Crippen molar-refractivity contribution in [3.8, 4) is 11.1 Å². The van der Waals surface area contributed by atoms with Crippen LogP contribution in [0.3, 0.4) is 0 Å². The SMILES string of the molecule is CCN1CCC[C@H](Cn2c(C)nc3ccc(-c4cccc(Cl)c4)cc3c2=O)C1. The molecule has 146 valence electrons. The van der Waals surface area contributed by atoms with Crippen LogP contribution in [0.4, 0.5) is 0 Å². The zero-order chi connectivity index (χ0) is 19.7. The number of aryl methyl sites for hydroxylation is 1. The zero-order valence-electron chi connectivity index (χ0n) is 16.5. The number of rotatable bonds is 4. The third-order valence-corrected chi connectivity index (χ3v) is 6.03. The summed E-state index contributed by atoms with van der Waals surface area (Å²) in [5.74, 6) is 1.29. The lowest BCUT2D eigenvalue weighted by atomic mass is 9.97. The van der Waals surface area contributed by atoms with Gasteiger partial charge in [0.05, 0.1) is 10.9 Å². The summed E-state index contributed by atoms with van der Waals surface area (Å²) in [6.45, 7) is 8.18. The van der Waals surface area contributed by atoms with E-state index < -0.39 is 0 Å². The molecule has 4 rings (SSSR count). The van der Waals surface area contributed by atoms with Crippen molar-refractivity contribution in [2.75, 3.05) is 19.6 Å². The highest BCUT2D eigenvalue weighted by Gasteiger charge is 2.21. The van der Waals surface area contributed by atoms with Gasteiger partial charge < -0.3 is 4.90 Å². The van der Waals surface area contributed by atoms with E-state index in [-0.39, 0.29) is 5.56 Å². The summed E-state index contributed by atoms with van der Waals surface area (Å²) >= 11 is 6.14. The number of hydrogen-bond donors (Lipinski definition) is 0. The van der Waals surface area contributed by atoms with E-state index in [1.54, 1.807) is 0 Å². The molecule has 0 saturated carbocycles. The Morgan fingerprint density at radius 2 is 2.00 bits per heavy atom. The summed E-state index contributed by atoms with van der Waals surface area (Å²) < 4.78 is 1.87. The van der Waals surface area contributed by atoms with Crippen LogP contribution in [0.5, 0.6) is 0 Å². The minimum Gasteiger partial charge on any atom is -0.303 e. The van der Waals surface area contributed by atoms with Crippen LogP contribution < -0.4 is 5.56 Å². The quantitative estimate of drug-likeness (QED) is 0.639. The van der Waals surface area contributed by atoms with Crippen molar-refractivity contribution in [1.29, 1.82) is 0 Å². The lowest BCUT2D eigenvalue weighted by Crippen LogP contribution is -2.38. The number of piperidine rings is 1. The van der Waals surface area contributed by atoms with Gasteiger partial charge in [0, 0.05) is 18.1 Å². The van der Waals surface area contributed by atoms with Gasteiger partial charge in [0.15, 0.2) is 0 Å². The molecule has 0 bridgehead atoms. The first-order valence-electron chi connectivity index (χ1n) is 10.0. The van der Waals surface area contributed by atoms with Gasteiger partial charge >= 0.3 is 0 Å². The maximum Gasteiger partial charge on any atom is 0.261 e. The summed E-state index contributed by atoms with van der Waals surface area (Å²) in [4.78, 5) is 20.5. The Labute approximate surface area is 170 Å². The standard InChI is InChI=1S/C23H26ClN3O/c1-3-26-11-5-6-17(14-26)15-27-16(2)25-22-10-9-19(13-21(22)23(27)28)18-7-4-8-20(24)12-18/h4,7-10,12-13,17H,3,5-6,11,14-15H2,1-2H3/t17-/m0/s1. The molecule has 5 heteroatoms. The van der Waals surface area contributed by atoms with Crippen LogP contribution in [-0.4, -0.2) is 34.1 Å². The highest BCUT2D eigenvalue weighted by atomic mass is 35.5. The summed E-state index contributed by atoms with van der Waals surface area (Å²) in [5.41, 5.74) is 2.80. The topological polar surface area (TPSA) is 38.1 Å². The van der Waals surface area contributed by atoms with Crippen LogP contribution in [0.15, 0.2) is 47.3 Å². The largest absolute Gasteiger partial charge is 0.303 e. The van der Waals surface area contributed by atoms with Crippen LogP contribution in [0, 0.1) is 12.8 Å². The zero-order valence-corrected chi connectivity index (χ0v) is 17.2. The molecule has 0 N–H and O–H groups in total. The monoisotopic (exact) mass is 395 g/mol. The number of benzene rings is 2. The third-order valence-electron chi connectivity index (χ3n) is 5.79. The van der Waals surface area contributed by atoms with E-state index in [4.69, 9.17) is 16.6 Å². The van der Waals surface area contributed by atoms with Crippen LogP contribution >= 0.6 is 11.6 Å². The number of fused-ring (bicyclic) bond motifs is 1. The molecule has 1 fully saturated rings. The second-order valence-corrected chi connectivity index (χ2v) is 8.15. The first kappa shape index (κ1) is 19.2. The number of aromatic nitrogens is 2. The fourth-order valence-corrected chi connectivity index (χ4v) is 4.43. The van der Waals surface area contributed by atoms with Gasteiger partial charge in [0.2, 0.25) is 0 Å². The predicted octanol–water partition coefficient (Wildman–Crippen LogP) is 4.76. The fraction of sp³-hybridized carbons (Fsp3) is 0.391.